The standard InChI is InChI=1S/C17H11ClF4N2/c1-24(8-7-15(23-24)17(21)22)16-11(3-2-4-14(16)20)10-5-6-13(19)12(18)9-10/h2-6,8-9,17H,1H3/q+1. The van der Waals surface area contributed by atoms with Gasteiger partial charge in [0.1, 0.15) is 19.1 Å². The van der Waals surface area contributed by atoms with Gasteiger partial charge in [-0.05, 0) is 29.8 Å². The summed E-state index contributed by atoms with van der Waals surface area (Å²) in [6.45, 7) is 0. The molecule has 2 aromatic rings. The lowest BCUT2D eigenvalue weighted by atomic mass is 10.0. The van der Waals surface area contributed by atoms with Crippen molar-refractivity contribution >= 4 is 23.0 Å². The highest BCUT2D eigenvalue weighted by molar-refractivity contribution is 6.31. The molecule has 0 saturated carbocycles. The Bertz CT molecular complexity index is 864. The average Bonchev–Trinajstić information content (AvgIpc) is 2.93. The highest BCUT2D eigenvalue weighted by Gasteiger charge is 2.37. The maximum absolute atomic E-state index is 14.5. The van der Waals surface area contributed by atoms with Crippen molar-refractivity contribution in [3.8, 4) is 11.1 Å². The summed E-state index contributed by atoms with van der Waals surface area (Å²) in [5.41, 5.74) is 0.313. The molecule has 2 nitrogen and oxygen atoms in total. The van der Waals surface area contributed by atoms with Gasteiger partial charge in [0.25, 0.3) is 6.43 Å². The van der Waals surface area contributed by atoms with Crippen LogP contribution in [0.4, 0.5) is 23.2 Å². The van der Waals surface area contributed by atoms with Gasteiger partial charge in [0.05, 0.1) is 11.1 Å². The Morgan fingerprint density at radius 2 is 1.88 bits per heavy atom. The van der Waals surface area contributed by atoms with Crippen LogP contribution in [-0.4, -0.2) is 19.2 Å². The topological polar surface area (TPSA) is 12.4 Å². The summed E-state index contributed by atoms with van der Waals surface area (Å²) in [6.07, 6.45) is 0.802. The Kier molecular flexibility index (Phi) is 4.19. The van der Waals surface area contributed by atoms with Gasteiger partial charge in [0, 0.05) is 5.56 Å². The first-order chi connectivity index (χ1) is 11.3. The average molecular weight is 355 g/mol. The van der Waals surface area contributed by atoms with Crippen LogP contribution in [0.3, 0.4) is 0 Å². The lowest BCUT2D eigenvalue weighted by Gasteiger charge is -2.23. The lowest BCUT2D eigenvalue weighted by molar-refractivity contribution is 0.225. The van der Waals surface area contributed by atoms with Gasteiger partial charge in [0.15, 0.2) is 11.5 Å². The van der Waals surface area contributed by atoms with E-state index in [1.807, 2.05) is 0 Å². The fourth-order valence-corrected chi connectivity index (χ4v) is 2.75. The highest BCUT2D eigenvalue weighted by atomic mass is 35.5. The maximum Gasteiger partial charge on any atom is 0.286 e. The zero-order chi connectivity index (χ0) is 17.5. The third kappa shape index (κ3) is 2.83. The van der Waals surface area contributed by atoms with Crippen LogP contribution >= 0.6 is 11.6 Å². The molecule has 0 saturated heterocycles. The van der Waals surface area contributed by atoms with Gasteiger partial charge in [-0.1, -0.05) is 28.8 Å². The van der Waals surface area contributed by atoms with Crippen LogP contribution in [0.5, 0.6) is 0 Å². The Balaban J connectivity index is 2.20. The van der Waals surface area contributed by atoms with E-state index < -0.39 is 28.4 Å². The van der Waals surface area contributed by atoms with Crippen molar-refractivity contribution in [1.82, 2.24) is 4.59 Å². The molecule has 1 atom stereocenters. The molecular formula is C17H11ClF4N2+. The van der Waals surface area contributed by atoms with E-state index in [1.165, 1.54) is 37.5 Å². The molecule has 0 aromatic heterocycles. The van der Waals surface area contributed by atoms with Crippen molar-refractivity contribution in [2.24, 2.45) is 5.10 Å². The van der Waals surface area contributed by atoms with Crippen LogP contribution in [0, 0.1) is 17.7 Å². The summed E-state index contributed by atoms with van der Waals surface area (Å²) >= 11 is 5.79. The highest BCUT2D eigenvalue weighted by Crippen LogP contribution is 2.39. The summed E-state index contributed by atoms with van der Waals surface area (Å²) in [4.78, 5) is 0. The molecular weight excluding hydrogens is 344 g/mol. The number of hydrogen-bond acceptors (Lipinski definition) is 1. The van der Waals surface area contributed by atoms with Gasteiger partial charge < -0.3 is 0 Å². The van der Waals surface area contributed by atoms with Crippen molar-refractivity contribution in [2.75, 3.05) is 7.05 Å². The Morgan fingerprint density at radius 1 is 1.12 bits per heavy atom. The first-order valence-corrected chi connectivity index (χ1v) is 7.29. The maximum atomic E-state index is 14.5. The fourth-order valence-electron chi connectivity index (χ4n) is 2.57. The number of quaternary nitrogens is 1. The van der Waals surface area contributed by atoms with Crippen LogP contribution in [0.2, 0.25) is 5.02 Å². The number of alkyl halides is 2. The van der Waals surface area contributed by atoms with Crippen molar-refractivity contribution < 1.29 is 17.6 Å². The van der Waals surface area contributed by atoms with Gasteiger partial charge in [-0.3, -0.25) is 0 Å². The first kappa shape index (κ1) is 16.7. The quantitative estimate of drug-likeness (QED) is 0.532. The first-order valence-electron chi connectivity index (χ1n) is 6.92. The Labute approximate surface area is 140 Å². The third-order valence-electron chi connectivity index (χ3n) is 3.66. The second kappa shape index (κ2) is 6.03. The molecule has 123 valence electrons. The molecule has 3 rings (SSSR count). The van der Waals surface area contributed by atoms with Crippen LogP contribution in [0.15, 0.2) is 47.7 Å². The van der Waals surface area contributed by atoms with Crippen LogP contribution in [0.25, 0.3) is 11.1 Å². The number of benzene rings is 2. The molecule has 0 N–H and O–H groups in total. The van der Waals surface area contributed by atoms with E-state index in [4.69, 9.17) is 11.6 Å². The van der Waals surface area contributed by atoms with Crippen LogP contribution in [0.1, 0.15) is 0 Å². The lowest BCUT2D eigenvalue weighted by Crippen LogP contribution is -2.32. The van der Waals surface area contributed by atoms with E-state index in [9.17, 15) is 17.6 Å². The Morgan fingerprint density at radius 3 is 2.50 bits per heavy atom. The van der Waals surface area contributed by atoms with Gasteiger partial charge in [-0.25, -0.2) is 17.6 Å². The normalized spacial score (nSPS) is 19.9. The minimum Gasteiger partial charge on any atom is -0.205 e. The second-order valence-electron chi connectivity index (χ2n) is 5.35. The molecule has 0 bridgehead atoms. The number of hydrogen-bond donors (Lipinski definition) is 0. The molecule has 1 unspecified atom stereocenters. The predicted molar refractivity (Wildman–Crippen MR) is 85.8 cm³/mol. The molecule has 7 heteroatoms. The number of allylic oxidation sites excluding steroid dienone is 1. The van der Waals surface area contributed by atoms with Crippen LogP contribution in [-0.2, 0) is 0 Å². The summed E-state index contributed by atoms with van der Waals surface area (Å²) < 4.78 is 53.0. The minimum absolute atomic E-state index is 0.0447. The van der Waals surface area contributed by atoms with E-state index in [0.717, 1.165) is 6.07 Å². The fraction of sp³-hybridized carbons (Fsp3) is 0.118. The van der Waals surface area contributed by atoms with E-state index in [2.05, 4.69) is 11.2 Å². The molecule has 1 aliphatic heterocycles. The van der Waals surface area contributed by atoms with Gasteiger partial charge in [-0.15, -0.1) is 4.59 Å². The summed E-state index contributed by atoms with van der Waals surface area (Å²) in [5, 5.41) is 3.75. The zero-order valence-corrected chi connectivity index (χ0v) is 13.2. The number of rotatable bonds is 3. The van der Waals surface area contributed by atoms with Gasteiger partial charge in [0.2, 0.25) is 5.69 Å². The molecule has 1 radical (unpaired) electrons. The van der Waals surface area contributed by atoms with E-state index >= 15 is 0 Å². The van der Waals surface area contributed by atoms with Crippen molar-refractivity contribution in [3.05, 3.63) is 65.3 Å². The van der Waals surface area contributed by atoms with E-state index in [-0.39, 0.29) is 10.7 Å². The molecule has 0 amide bonds. The SMILES string of the molecule is C[N+]1(c2c(F)cccc2-c2ccc(F)c(Cl)c2)C=[C]C(C(F)F)=N1. The largest absolute Gasteiger partial charge is 0.286 e. The van der Waals surface area contributed by atoms with Gasteiger partial charge >= 0.3 is 0 Å². The third-order valence-corrected chi connectivity index (χ3v) is 3.95. The smallest absolute Gasteiger partial charge is 0.205 e. The molecule has 1 heterocycles. The van der Waals surface area contributed by atoms with E-state index in [1.54, 1.807) is 6.07 Å². The molecule has 2 aromatic carbocycles. The second-order valence-corrected chi connectivity index (χ2v) is 5.76. The molecule has 0 fully saturated rings. The summed E-state index contributed by atoms with van der Waals surface area (Å²) in [5.74, 6) is -1.24. The number of para-hydroxylation sites is 1. The van der Waals surface area contributed by atoms with Crippen LogP contribution < -0.4 is 4.59 Å². The van der Waals surface area contributed by atoms with Crippen molar-refractivity contribution in [2.45, 2.75) is 6.43 Å². The predicted octanol–water partition coefficient (Wildman–Crippen LogP) is 5.17. The Hall–Kier alpha value is -2.18. The zero-order valence-electron chi connectivity index (χ0n) is 12.4. The molecule has 0 spiro atoms. The number of nitrogens with zero attached hydrogens (tertiary/aromatic N) is 2. The number of halogens is 5. The monoisotopic (exact) mass is 354 g/mol. The molecule has 1 aliphatic rings. The van der Waals surface area contributed by atoms with Crippen molar-refractivity contribution in [1.29, 1.82) is 0 Å². The summed E-state index contributed by atoms with van der Waals surface area (Å²) in [7, 11) is 1.45. The minimum atomic E-state index is -2.81. The molecule has 0 aliphatic carbocycles. The molecule has 24 heavy (non-hydrogen) atoms. The van der Waals surface area contributed by atoms with Gasteiger partial charge in [-0.2, -0.15) is 0 Å². The summed E-state index contributed by atoms with van der Waals surface area (Å²) in [6, 6.07) is 8.22. The van der Waals surface area contributed by atoms with Crippen molar-refractivity contribution in [3.63, 3.8) is 0 Å². The van der Waals surface area contributed by atoms with E-state index in [0.29, 0.717) is 11.1 Å².